The minimum Gasteiger partial charge on any atom is -0.388 e. The average molecular weight is 375 g/mol. The van der Waals surface area contributed by atoms with Crippen molar-refractivity contribution in [2.24, 2.45) is 0 Å². The Balaban J connectivity index is 1.64. The molecule has 2 aromatic carbocycles. The van der Waals surface area contributed by atoms with E-state index in [-0.39, 0.29) is 11.3 Å². The lowest BCUT2D eigenvalue weighted by molar-refractivity contribution is 0.0946. The van der Waals surface area contributed by atoms with E-state index in [1.54, 1.807) is 0 Å². The lowest BCUT2D eigenvalue weighted by Crippen LogP contribution is -2.43. The molecule has 28 heavy (non-hydrogen) atoms. The minimum atomic E-state index is -0.134. The number of nitrogens with one attached hydrogen (secondary N) is 2. The van der Waals surface area contributed by atoms with Crippen molar-refractivity contribution in [2.45, 2.75) is 38.6 Å². The van der Waals surface area contributed by atoms with Gasteiger partial charge in [-0.3, -0.25) is 4.79 Å². The molecular weight excluding hydrogens is 350 g/mol. The summed E-state index contributed by atoms with van der Waals surface area (Å²) in [4.78, 5) is 12.8. The Morgan fingerprint density at radius 1 is 1.07 bits per heavy atom. The van der Waals surface area contributed by atoms with Gasteiger partial charge in [0.25, 0.3) is 0 Å². The number of benzene rings is 2. The second kappa shape index (κ2) is 7.15. The molecule has 0 radical (unpaired) electrons. The molecule has 0 fully saturated rings. The van der Waals surface area contributed by atoms with Gasteiger partial charge >= 0.3 is 0 Å². The van der Waals surface area contributed by atoms with E-state index >= 15 is 0 Å². The smallest absolute Gasteiger partial charge is 0.167 e. The molecule has 0 amide bonds. The zero-order valence-electron chi connectivity index (χ0n) is 16.5. The number of ketones is 1. The summed E-state index contributed by atoms with van der Waals surface area (Å²) in [5.74, 6) is 0.841. The molecule has 2 heterocycles. The molecule has 2 N–H and O–H groups in total. The second-order valence-corrected chi connectivity index (χ2v) is 7.38. The van der Waals surface area contributed by atoms with Crippen molar-refractivity contribution in [3.8, 4) is 22.6 Å². The normalized spacial score (nSPS) is 15.0. The van der Waals surface area contributed by atoms with Crippen LogP contribution in [-0.4, -0.2) is 23.5 Å². The van der Waals surface area contributed by atoms with E-state index in [0.717, 1.165) is 46.6 Å². The van der Waals surface area contributed by atoms with Crippen LogP contribution in [0.2, 0.25) is 0 Å². The molecule has 144 valence electrons. The van der Waals surface area contributed by atoms with Gasteiger partial charge in [-0.1, -0.05) is 31.1 Å². The summed E-state index contributed by atoms with van der Waals surface area (Å²) < 4.78 is 5.57. The monoisotopic (exact) mass is 375 g/mol. The molecule has 0 atom stereocenters. The summed E-state index contributed by atoms with van der Waals surface area (Å²) in [5.41, 5.74) is 5.17. The van der Waals surface area contributed by atoms with Crippen molar-refractivity contribution in [3.63, 3.8) is 0 Å². The molecule has 0 bridgehead atoms. The highest BCUT2D eigenvalue weighted by Crippen LogP contribution is 2.37. The molecule has 0 unspecified atom stereocenters. The molecule has 5 nitrogen and oxygen atoms in total. The summed E-state index contributed by atoms with van der Waals surface area (Å²) in [6.07, 6.45) is 2.37. The number of nitrogens with zero attached hydrogens (tertiary/aromatic N) is 1. The first-order valence-corrected chi connectivity index (χ1v) is 9.78. The molecule has 0 aliphatic carbocycles. The number of Topliss-reactive ketones (excluding diaryl/α,β-unsaturated/α-hetero) is 1. The molecule has 0 saturated carbocycles. The highest BCUT2D eigenvalue weighted by Gasteiger charge is 2.35. The Labute approximate surface area is 165 Å². The summed E-state index contributed by atoms with van der Waals surface area (Å²) >= 11 is 0. The largest absolute Gasteiger partial charge is 0.388 e. The van der Waals surface area contributed by atoms with Gasteiger partial charge in [-0.25, -0.2) is 0 Å². The van der Waals surface area contributed by atoms with Gasteiger partial charge in [0.15, 0.2) is 11.5 Å². The predicted octanol–water partition coefficient (Wildman–Crippen LogP) is 5.61. The van der Waals surface area contributed by atoms with Gasteiger partial charge in [-0.15, -0.1) is 0 Å². The van der Waals surface area contributed by atoms with Gasteiger partial charge in [0.05, 0.1) is 0 Å². The minimum absolute atomic E-state index is 0.134. The zero-order chi connectivity index (χ0) is 19.7. The third kappa shape index (κ3) is 3.17. The number of aromatic nitrogens is 1. The van der Waals surface area contributed by atoms with Crippen LogP contribution in [0.5, 0.6) is 0 Å². The first-order valence-electron chi connectivity index (χ1n) is 9.78. The first-order chi connectivity index (χ1) is 13.6. The second-order valence-electron chi connectivity index (χ2n) is 7.38. The predicted molar refractivity (Wildman–Crippen MR) is 113 cm³/mol. The number of hydrogen-bond donors (Lipinski definition) is 2. The van der Waals surface area contributed by atoms with Crippen LogP contribution in [0.3, 0.4) is 0 Å². The maximum atomic E-state index is 12.8. The Morgan fingerprint density at radius 3 is 2.46 bits per heavy atom. The third-order valence-electron chi connectivity index (χ3n) is 5.84. The summed E-state index contributed by atoms with van der Waals surface area (Å²) in [7, 11) is 1.89. The zero-order valence-corrected chi connectivity index (χ0v) is 16.5. The lowest BCUT2D eigenvalue weighted by atomic mass is 9.81. The molecule has 0 saturated heterocycles. The summed E-state index contributed by atoms with van der Waals surface area (Å²) in [6, 6.07) is 15.8. The van der Waals surface area contributed by atoms with Gasteiger partial charge < -0.3 is 15.2 Å². The summed E-state index contributed by atoms with van der Waals surface area (Å²) in [5, 5.41) is 10.9. The Kier molecular flexibility index (Phi) is 4.67. The van der Waals surface area contributed by atoms with E-state index in [9.17, 15) is 4.79 Å². The van der Waals surface area contributed by atoms with Crippen LogP contribution in [-0.2, 0) is 0 Å². The SMILES string of the molecule is CCC1(CC)CC(=O)c2cc(-c3cc(-c4ccc(NC)cc4)no3)ccc2N1. The molecule has 3 aromatic rings. The van der Waals surface area contributed by atoms with Crippen molar-refractivity contribution in [1.29, 1.82) is 0 Å². The van der Waals surface area contributed by atoms with Crippen LogP contribution in [0.15, 0.2) is 53.1 Å². The Bertz CT molecular complexity index is 1000. The maximum absolute atomic E-state index is 12.8. The van der Waals surface area contributed by atoms with E-state index in [1.165, 1.54) is 0 Å². The van der Waals surface area contributed by atoms with Crippen LogP contribution in [0.1, 0.15) is 43.5 Å². The third-order valence-corrected chi connectivity index (χ3v) is 5.84. The van der Waals surface area contributed by atoms with Crippen LogP contribution < -0.4 is 10.6 Å². The van der Waals surface area contributed by atoms with Gasteiger partial charge in [0, 0.05) is 53.1 Å². The van der Waals surface area contributed by atoms with E-state index < -0.39 is 0 Å². The molecule has 5 heteroatoms. The number of carbonyl (C=O) groups excluding carboxylic acids is 1. The highest BCUT2D eigenvalue weighted by atomic mass is 16.5. The van der Waals surface area contributed by atoms with Crippen molar-refractivity contribution in [2.75, 3.05) is 17.7 Å². The number of carbonyl (C=O) groups is 1. The number of anilines is 2. The summed E-state index contributed by atoms with van der Waals surface area (Å²) in [6.45, 7) is 4.25. The molecular formula is C23H25N3O2. The van der Waals surface area contributed by atoms with Crippen molar-refractivity contribution >= 4 is 17.2 Å². The van der Waals surface area contributed by atoms with E-state index in [0.29, 0.717) is 12.2 Å². The molecule has 0 spiro atoms. The average Bonchev–Trinajstić information content (AvgIpc) is 3.23. The van der Waals surface area contributed by atoms with Gasteiger partial charge in [-0.2, -0.15) is 0 Å². The fourth-order valence-electron chi connectivity index (χ4n) is 3.80. The first kappa shape index (κ1) is 18.3. The molecule has 1 aliphatic heterocycles. The fourth-order valence-corrected chi connectivity index (χ4v) is 3.80. The van der Waals surface area contributed by atoms with E-state index in [1.807, 2.05) is 55.6 Å². The Morgan fingerprint density at radius 2 is 1.79 bits per heavy atom. The molecule has 1 aromatic heterocycles. The van der Waals surface area contributed by atoms with Crippen LogP contribution >= 0.6 is 0 Å². The van der Waals surface area contributed by atoms with Crippen molar-refractivity contribution in [3.05, 3.63) is 54.1 Å². The van der Waals surface area contributed by atoms with Gasteiger partial charge in [-0.05, 0) is 43.2 Å². The van der Waals surface area contributed by atoms with Crippen molar-refractivity contribution < 1.29 is 9.32 Å². The quantitative estimate of drug-likeness (QED) is 0.607. The number of hydrogen-bond acceptors (Lipinski definition) is 5. The van der Waals surface area contributed by atoms with E-state index in [2.05, 4.69) is 29.6 Å². The molecule has 1 aliphatic rings. The van der Waals surface area contributed by atoms with Gasteiger partial charge in [0.1, 0.15) is 5.69 Å². The van der Waals surface area contributed by atoms with Crippen LogP contribution in [0.25, 0.3) is 22.6 Å². The molecule has 4 rings (SSSR count). The van der Waals surface area contributed by atoms with Gasteiger partial charge in [0.2, 0.25) is 0 Å². The number of fused-ring (bicyclic) bond motifs is 1. The van der Waals surface area contributed by atoms with E-state index in [4.69, 9.17) is 4.52 Å². The number of rotatable bonds is 5. The Hall–Kier alpha value is -3.08. The topological polar surface area (TPSA) is 67.2 Å². The van der Waals surface area contributed by atoms with Crippen LogP contribution in [0, 0.1) is 0 Å². The lowest BCUT2D eigenvalue weighted by Gasteiger charge is -2.38. The van der Waals surface area contributed by atoms with Crippen LogP contribution in [0.4, 0.5) is 11.4 Å². The standard InChI is InChI=1S/C23H25N3O2/c1-4-23(5-2)14-21(27)18-12-16(8-11-19(18)25-23)22-13-20(26-28-22)15-6-9-17(24-3)10-7-15/h6-13,24-25H,4-5,14H2,1-3H3. The van der Waals surface area contributed by atoms with Crippen molar-refractivity contribution in [1.82, 2.24) is 5.16 Å². The highest BCUT2D eigenvalue weighted by molar-refractivity contribution is 6.05. The fraction of sp³-hybridized carbons (Fsp3) is 0.304. The maximum Gasteiger partial charge on any atom is 0.167 e.